The molecule has 4 rings (SSSR count). The van der Waals surface area contributed by atoms with Crippen LogP contribution in [0.15, 0.2) is 53.5 Å². The molecule has 32 heavy (non-hydrogen) atoms. The molecular weight excluding hydrogens is 463 g/mol. The Morgan fingerprint density at radius 2 is 1.94 bits per heavy atom. The number of sulfone groups is 1. The SMILES string of the molecule is Cc1cccc(N(CC(=O)Nc2cccc(C(F)(F)F)c2)C2=N[C@H]3CS(=O)(=O)C[C@@H]3S2)c1. The maximum atomic E-state index is 13.0. The molecule has 0 bridgehead atoms. The fourth-order valence-electron chi connectivity index (χ4n) is 3.65. The highest BCUT2D eigenvalue weighted by atomic mass is 32.2. The van der Waals surface area contributed by atoms with Crippen molar-refractivity contribution in [3.05, 3.63) is 59.7 Å². The van der Waals surface area contributed by atoms with Crippen molar-refractivity contribution >= 4 is 44.0 Å². The van der Waals surface area contributed by atoms with Gasteiger partial charge in [0.25, 0.3) is 0 Å². The number of rotatable bonds is 4. The van der Waals surface area contributed by atoms with Crippen LogP contribution in [0.4, 0.5) is 24.5 Å². The smallest absolute Gasteiger partial charge is 0.325 e. The maximum absolute atomic E-state index is 13.0. The number of thioether (sulfide) groups is 1. The number of carbonyl (C=O) groups excluding carboxylic acids is 1. The van der Waals surface area contributed by atoms with Gasteiger partial charge in [-0.15, -0.1) is 0 Å². The summed E-state index contributed by atoms with van der Waals surface area (Å²) in [4.78, 5) is 19.0. The number of fused-ring (bicyclic) bond motifs is 1. The lowest BCUT2D eigenvalue weighted by Gasteiger charge is -2.24. The molecule has 2 aromatic rings. The fraction of sp³-hybridized carbons (Fsp3) is 0.333. The third-order valence-electron chi connectivity index (χ3n) is 5.12. The van der Waals surface area contributed by atoms with E-state index in [0.29, 0.717) is 10.9 Å². The molecule has 1 amide bonds. The maximum Gasteiger partial charge on any atom is 0.416 e. The Morgan fingerprint density at radius 3 is 2.62 bits per heavy atom. The Kier molecular flexibility index (Phi) is 5.97. The van der Waals surface area contributed by atoms with Crippen molar-refractivity contribution in [2.75, 3.05) is 28.3 Å². The van der Waals surface area contributed by atoms with E-state index in [1.165, 1.54) is 23.9 Å². The van der Waals surface area contributed by atoms with Crippen LogP contribution in [0.2, 0.25) is 0 Å². The molecule has 6 nitrogen and oxygen atoms in total. The zero-order valence-corrected chi connectivity index (χ0v) is 18.6. The molecule has 2 atom stereocenters. The third-order valence-corrected chi connectivity index (χ3v) is 8.37. The molecule has 2 heterocycles. The standard InChI is InChI=1S/C21H20F3N3O3S2/c1-13-4-2-7-16(8-13)27(20-26-17-11-32(29,30)12-18(17)31-20)10-19(28)25-15-6-3-5-14(9-15)21(22,23)24/h2-9,17-18H,10-12H2,1H3,(H,25,28)/t17-,18-/m0/s1. The monoisotopic (exact) mass is 483 g/mol. The molecule has 2 aliphatic heterocycles. The number of amides is 1. The van der Waals surface area contributed by atoms with Gasteiger partial charge in [-0.2, -0.15) is 13.2 Å². The highest BCUT2D eigenvalue weighted by Gasteiger charge is 2.44. The van der Waals surface area contributed by atoms with Gasteiger partial charge in [-0.25, -0.2) is 8.42 Å². The summed E-state index contributed by atoms with van der Waals surface area (Å²) in [6, 6.07) is 11.5. The molecule has 1 fully saturated rings. The zero-order valence-electron chi connectivity index (χ0n) is 17.0. The minimum atomic E-state index is -4.51. The molecule has 2 aliphatic rings. The number of hydrogen-bond donors (Lipinski definition) is 1. The lowest BCUT2D eigenvalue weighted by molar-refractivity contribution is -0.137. The van der Waals surface area contributed by atoms with E-state index >= 15 is 0 Å². The minimum Gasteiger partial charge on any atom is -0.325 e. The molecule has 2 aromatic carbocycles. The highest BCUT2D eigenvalue weighted by molar-refractivity contribution is 8.15. The Bertz CT molecular complexity index is 1180. The third kappa shape index (κ3) is 5.09. The van der Waals surface area contributed by atoms with Gasteiger partial charge < -0.3 is 10.2 Å². The van der Waals surface area contributed by atoms with Crippen LogP contribution in [0.5, 0.6) is 0 Å². The summed E-state index contributed by atoms with van der Waals surface area (Å²) in [5, 5.41) is 2.84. The summed E-state index contributed by atoms with van der Waals surface area (Å²) in [7, 11) is -3.12. The topological polar surface area (TPSA) is 78.8 Å². The summed E-state index contributed by atoms with van der Waals surface area (Å²) in [5.74, 6) is -0.501. The van der Waals surface area contributed by atoms with Crippen molar-refractivity contribution in [2.45, 2.75) is 24.4 Å². The van der Waals surface area contributed by atoms with Crippen LogP contribution in [0.3, 0.4) is 0 Å². The van der Waals surface area contributed by atoms with Crippen LogP contribution < -0.4 is 10.2 Å². The minimum absolute atomic E-state index is 0.0216. The van der Waals surface area contributed by atoms with Crippen molar-refractivity contribution < 1.29 is 26.4 Å². The van der Waals surface area contributed by atoms with Crippen molar-refractivity contribution in [2.24, 2.45) is 4.99 Å². The van der Waals surface area contributed by atoms with Gasteiger partial charge in [0.05, 0.1) is 23.1 Å². The van der Waals surface area contributed by atoms with Crippen LogP contribution in [-0.4, -0.2) is 48.8 Å². The Balaban J connectivity index is 1.56. The van der Waals surface area contributed by atoms with Gasteiger partial charge in [-0.1, -0.05) is 30.0 Å². The van der Waals surface area contributed by atoms with Crippen molar-refractivity contribution in [3.8, 4) is 0 Å². The normalized spacial score (nSPS) is 21.7. The second kappa shape index (κ2) is 8.43. The first-order valence-electron chi connectivity index (χ1n) is 9.76. The first-order chi connectivity index (χ1) is 15.0. The van der Waals surface area contributed by atoms with Gasteiger partial charge in [0, 0.05) is 16.6 Å². The largest absolute Gasteiger partial charge is 0.416 e. The van der Waals surface area contributed by atoms with Crippen LogP contribution in [0.25, 0.3) is 0 Å². The molecule has 0 radical (unpaired) electrons. The van der Waals surface area contributed by atoms with E-state index in [2.05, 4.69) is 10.3 Å². The van der Waals surface area contributed by atoms with Crippen molar-refractivity contribution in [1.29, 1.82) is 0 Å². The van der Waals surface area contributed by atoms with Crippen LogP contribution in [-0.2, 0) is 20.8 Å². The summed E-state index contributed by atoms with van der Waals surface area (Å²) in [6.45, 7) is 1.72. The second-order valence-electron chi connectivity index (χ2n) is 7.76. The molecule has 1 N–H and O–H groups in total. The lowest BCUT2D eigenvalue weighted by atomic mass is 10.2. The lowest BCUT2D eigenvalue weighted by Crippen LogP contribution is -2.36. The number of amidine groups is 1. The first-order valence-corrected chi connectivity index (χ1v) is 12.5. The summed E-state index contributed by atoms with van der Waals surface area (Å²) in [6.07, 6.45) is -4.51. The second-order valence-corrected chi connectivity index (χ2v) is 11.1. The summed E-state index contributed by atoms with van der Waals surface area (Å²) < 4.78 is 62.6. The van der Waals surface area contributed by atoms with E-state index in [0.717, 1.165) is 17.7 Å². The predicted octanol–water partition coefficient (Wildman–Crippen LogP) is 3.73. The Labute approximate surface area is 187 Å². The van der Waals surface area contributed by atoms with Gasteiger partial charge in [0.15, 0.2) is 15.0 Å². The predicted molar refractivity (Wildman–Crippen MR) is 120 cm³/mol. The fourth-order valence-corrected chi connectivity index (χ4v) is 7.43. The molecule has 0 aromatic heterocycles. The van der Waals surface area contributed by atoms with Crippen LogP contribution in [0, 0.1) is 6.92 Å². The van der Waals surface area contributed by atoms with Gasteiger partial charge >= 0.3 is 6.18 Å². The number of halogens is 3. The average molecular weight is 484 g/mol. The van der Waals surface area contributed by atoms with Gasteiger partial charge in [0.2, 0.25) is 5.91 Å². The number of anilines is 2. The van der Waals surface area contributed by atoms with E-state index < -0.39 is 27.5 Å². The molecule has 0 unspecified atom stereocenters. The molecule has 11 heteroatoms. The van der Waals surface area contributed by atoms with E-state index in [4.69, 9.17) is 0 Å². The Hall–Kier alpha value is -2.53. The van der Waals surface area contributed by atoms with Gasteiger partial charge in [-0.3, -0.25) is 9.79 Å². The van der Waals surface area contributed by atoms with E-state index in [9.17, 15) is 26.4 Å². The molecule has 0 aliphatic carbocycles. The number of nitrogens with one attached hydrogen (secondary N) is 1. The summed E-state index contributed by atoms with van der Waals surface area (Å²) in [5.41, 5.74) is 0.837. The quantitative estimate of drug-likeness (QED) is 0.717. The molecule has 1 saturated heterocycles. The van der Waals surface area contributed by atoms with E-state index in [1.807, 2.05) is 25.1 Å². The van der Waals surface area contributed by atoms with Crippen molar-refractivity contribution in [3.63, 3.8) is 0 Å². The number of nitrogens with zero attached hydrogens (tertiary/aromatic N) is 2. The van der Waals surface area contributed by atoms with E-state index in [-0.39, 0.29) is 35.0 Å². The molecule has 170 valence electrons. The van der Waals surface area contributed by atoms with Crippen molar-refractivity contribution in [1.82, 2.24) is 0 Å². The number of benzene rings is 2. The number of aliphatic imine (C=N–C) groups is 1. The van der Waals surface area contributed by atoms with Gasteiger partial charge in [0.1, 0.15) is 6.54 Å². The van der Waals surface area contributed by atoms with Crippen LogP contribution in [0.1, 0.15) is 11.1 Å². The summed E-state index contributed by atoms with van der Waals surface area (Å²) >= 11 is 1.31. The number of alkyl halides is 3. The zero-order chi connectivity index (χ0) is 23.1. The van der Waals surface area contributed by atoms with Crippen LogP contribution >= 0.6 is 11.8 Å². The molecular formula is C21H20F3N3O3S2. The number of hydrogen-bond acceptors (Lipinski definition) is 6. The molecule has 0 spiro atoms. The van der Waals surface area contributed by atoms with E-state index in [1.54, 1.807) is 11.0 Å². The highest BCUT2D eigenvalue weighted by Crippen LogP contribution is 2.37. The average Bonchev–Trinajstić information content (AvgIpc) is 3.19. The van der Waals surface area contributed by atoms with Gasteiger partial charge in [-0.05, 0) is 42.8 Å². The molecule has 0 saturated carbocycles. The number of aryl methyl sites for hydroxylation is 1. The Morgan fingerprint density at radius 1 is 1.19 bits per heavy atom. The number of carbonyl (C=O) groups is 1. The first kappa shape index (κ1) is 22.7.